The second-order valence-electron chi connectivity index (χ2n) is 5.70. The second-order valence-corrected chi connectivity index (χ2v) is 5.70. The second kappa shape index (κ2) is 5.81. The number of piperidine rings is 1. The molecule has 0 unspecified atom stereocenters. The highest BCUT2D eigenvalue weighted by Gasteiger charge is 2.17. The van der Waals surface area contributed by atoms with Gasteiger partial charge in [0.2, 0.25) is 0 Å². The fourth-order valence-corrected chi connectivity index (χ4v) is 3.09. The normalized spacial score (nSPS) is 16.0. The molecule has 0 saturated carbocycles. The van der Waals surface area contributed by atoms with Gasteiger partial charge in [-0.2, -0.15) is 5.10 Å². The smallest absolute Gasteiger partial charge is 0.127 e. The summed E-state index contributed by atoms with van der Waals surface area (Å²) in [5, 5.41) is 11.7. The number of nitrogens with one attached hydrogen (secondary N) is 2. The summed E-state index contributed by atoms with van der Waals surface area (Å²) in [4.78, 5) is 0. The molecule has 0 spiro atoms. The summed E-state index contributed by atoms with van der Waals surface area (Å²) < 4.78 is 6.30. The van der Waals surface area contributed by atoms with Crippen LogP contribution in [0.3, 0.4) is 0 Å². The highest BCUT2D eigenvalue weighted by Crippen LogP contribution is 2.35. The third-order valence-electron chi connectivity index (χ3n) is 4.24. The Morgan fingerprint density at radius 2 is 1.77 bits per heavy atom. The summed E-state index contributed by atoms with van der Waals surface area (Å²) in [6.45, 7) is 2.06. The van der Waals surface area contributed by atoms with E-state index in [1.165, 1.54) is 0 Å². The Hall–Kier alpha value is -2.33. The highest BCUT2D eigenvalue weighted by molar-refractivity contribution is 5.95. The summed E-state index contributed by atoms with van der Waals surface area (Å²) in [7, 11) is 0. The van der Waals surface area contributed by atoms with E-state index in [-0.39, 0.29) is 0 Å². The first kappa shape index (κ1) is 13.3. The molecule has 4 heteroatoms. The maximum absolute atomic E-state index is 6.30. The average Bonchev–Trinajstić information content (AvgIpc) is 3.05. The molecule has 2 N–H and O–H groups in total. The summed E-state index contributed by atoms with van der Waals surface area (Å²) in [6.07, 6.45) is 4.30. The molecule has 3 aromatic rings. The van der Waals surface area contributed by atoms with Crippen LogP contribution in [0.15, 0.2) is 48.7 Å². The van der Waals surface area contributed by atoms with E-state index in [9.17, 15) is 0 Å². The van der Waals surface area contributed by atoms with Crippen molar-refractivity contribution < 1.29 is 4.74 Å². The van der Waals surface area contributed by atoms with E-state index in [2.05, 4.69) is 45.8 Å². The number of hydrogen-bond acceptors (Lipinski definition) is 3. The Morgan fingerprint density at radius 1 is 0.955 bits per heavy atom. The number of ether oxygens (including phenoxy) is 1. The van der Waals surface area contributed by atoms with Crippen LogP contribution in [0.25, 0.3) is 22.0 Å². The molecule has 1 fully saturated rings. The van der Waals surface area contributed by atoms with Crippen molar-refractivity contribution in [2.75, 3.05) is 13.1 Å². The molecule has 0 radical (unpaired) electrons. The third kappa shape index (κ3) is 2.46. The minimum Gasteiger partial charge on any atom is -0.490 e. The molecular formula is C18H19N3O. The Labute approximate surface area is 129 Å². The van der Waals surface area contributed by atoms with Gasteiger partial charge in [0.1, 0.15) is 11.9 Å². The predicted molar refractivity (Wildman–Crippen MR) is 88.0 cm³/mol. The van der Waals surface area contributed by atoms with Crippen LogP contribution >= 0.6 is 0 Å². The van der Waals surface area contributed by atoms with Gasteiger partial charge >= 0.3 is 0 Å². The van der Waals surface area contributed by atoms with E-state index in [4.69, 9.17) is 4.74 Å². The van der Waals surface area contributed by atoms with E-state index in [0.717, 1.165) is 53.7 Å². The van der Waals surface area contributed by atoms with E-state index in [0.29, 0.717) is 6.10 Å². The third-order valence-corrected chi connectivity index (χ3v) is 4.24. The number of aromatic amines is 1. The SMILES string of the molecule is c1ccc(-c2cccc3[nH]ncc23)c(OC2CCNCC2)c1. The maximum Gasteiger partial charge on any atom is 0.127 e. The zero-order valence-corrected chi connectivity index (χ0v) is 12.4. The number of hydrogen-bond donors (Lipinski definition) is 2. The lowest BCUT2D eigenvalue weighted by molar-refractivity contribution is 0.163. The summed E-state index contributed by atoms with van der Waals surface area (Å²) in [6, 6.07) is 14.5. The highest BCUT2D eigenvalue weighted by atomic mass is 16.5. The van der Waals surface area contributed by atoms with Gasteiger partial charge in [-0.05, 0) is 43.6 Å². The lowest BCUT2D eigenvalue weighted by Gasteiger charge is -2.25. The molecule has 4 rings (SSSR count). The van der Waals surface area contributed by atoms with Crippen LogP contribution in [0.4, 0.5) is 0 Å². The van der Waals surface area contributed by atoms with Gasteiger partial charge in [0, 0.05) is 10.9 Å². The predicted octanol–water partition coefficient (Wildman–Crippen LogP) is 3.36. The molecule has 0 bridgehead atoms. The van der Waals surface area contributed by atoms with E-state index < -0.39 is 0 Å². The van der Waals surface area contributed by atoms with Gasteiger partial charge < -0.3 is 10.1 Å². The standard InChI is InChI=1S/C18H19N3O/c1-2-7-18(22-13-8-10-19-11-9-13)15(4-1)14-5-3-6-17-16(14)12-20-21-17/h1-7,12-13,19H,8-11H2,(H,20,21). The number of benzene rings is 2. The number of H-pyrrole nitrogens is 1. The van der Waals surface area contributed by atoms with Crippen LogP contribution in [-0.2, 0) is 0 Å². The first-order chi connectivity index (χ1) is 10.9. The molecular weight excluding hydrogens is 274 g/mol. The molecule has 112 valence electrons. The van der Waals surface area contributed by atoms with Crippen molar-refractivity contribution >= 4 is 10.9 Å². The largest absolute Gasteiger partial charge is 0.490 e. The number of para-hydroxylation sites is 1. The Morgan fingerprint density at radius 3 is 2.68 bits per heavy atom. The molecule has 1 saturated heterocycles. The molecule has 0 aliphatic carbocycles. The van der Waals surface area contributed by atoms with Crippen molar-refractivity contribution in [3.05, 3.63) is 48.7 Å². The first-order valence-corrected chi connectivity index (χ1v) is 7.81. The Balaban J connectivity index is 1.74. The lowest BCUT2D eigenvalue weighted by Crippen LogP contribution is -2.34. The van der Waals surface area contributed by atoms with Gasteiger partial charge in [-0.15, -0.1) is 0 Å². The number of rotatable bonds is 3. The van der Waals surface area contributed by atoms with Gasteiger partial charge in [-0.25, -0.2) is 0 Å². The topological polar surface area (TPSA) is 49.9 Å². The molecule has 1 aliphatic rings. The van der Waals surface area contributed by atoms with Crippen LogP contribution in [0, 0.1) is 0 Å². The summed E-state index contributed by atoms with van der Waals surface area (Å²) in [5.41, 5.74) is 3.35. The zero-order chi connectivity index (χ0) is 14.8. The van der Waals surface area contributed by atoms with E-state index in [1.807, 2.05) is 18.3 Å². The molecule has 22 heavy (non-hydrogen) atoms. The zero-order valence-electron chi connectivity index (χ0n) is 12.4. The maximum atomic E-state index is 6.30. The van der Waals surface area contributed by atoms with Gasteiger partial charge in [-0.1, -0.05) is 30.3 Å². The van der Waals surface area contributed by atoms with Crippen molar-refractivity contribution in [2.24, 2.45) is 0 Å². The van der Waals surface area contributed by atoms with Gasteiger partial charge in [0.25, 0.3) is 0 Å². The van der Waals surface area contributed by atoms with Crippen LogP contribution in [0.5, 0.6) is 5.75 Å². The van der Waals surface area contributed by atoms with Gasteiger partial charge in [0.15, 0.2) is 0 Å². The monoisotopic (exact) mass is 293 g/mol. The van der Waals surface area contributed by atoms with Crippen molar-refractivity contribution in [3.8, 4) is 16.9 Å². The van der Waals surface area contributed by atoms with Crippen molar-refractivity contribution in [2.45, 2.75) is 18.9 Å². The van der Waals surface area contributed by atoms with Crippen LogP contribution in [0.1, 0.15) is 12.8 Å². The van der Waals surface area contributed by atoms with Crippen LogP contribution in [-0.4, -0.2) is 29.4 Å². The van der Waals surface area contributed by atoms with Crippen molar-refractivity contribution in [3.63, 3.8) is 0 Å². The first-order valence-electron chi connectivity index (χ1n) is 7.81. The molecule has 1 aliphatic heterocycles. The fraction of sp³-hybridized carbons (Fsp3) is 0.278. The molecule has 1 aromatic heterocycles. The minimum atomic E-state index is 0.297. The van der Waals surface area contributed by atoms with Crippen LogP contribution < -0.4 is 10.1 Å². The van der Waals surface area contributed by atoms with E-state index >= 15 is 0 Å². The summed E-state index contributed by atoms with van der Waals surface area (Å²) >= 11 is 0. The fourth-order valence-electron chi connectivity index (χ4n) is 3.09. The molecule has 2 heterocycles. The quantitative estimate of drug-likeness (QED) is 0.778. The lowest BCUT2D eigenvalue weighted by atomic mass is 10.0. The average molecular weight is 293 g/mol. The molecule has 2 aromatic carbocycles. The number of nitrogens with zero attached hydrogens (tertiary/aromatic N) is 1. The molecule has 0 amide bonds. The Bertz CT molecular complexity index is 775. The minimum absolute atomic E-state index is 0.297. The molecule has 0 atom stereocenters. The summed E-state index contributed by atoms with van der Waals surface area (Å²) in [5.74, 6) is 0.961. The van der Waals surface area contributed by atoms with Gasteiger partial charge in [0.05, 0.1) is 11.7 Å². The number of aromatic nitrogens is 2. The van der Waals surface area contributed by atoms with Crippen molar-refractivity contribution in [1.82, 2.24) is 15.5 Å². The van der Waals surface area contributed by atoms with Crippen LogP contribution in [0.2, 0.25) is 0 Å². The van der Waals surface area contributed by atoms with Gasteiger partial charge in [-0.3, -0.25) is 5.10 Å². The number of fused-ring (bicyclic) bond motifs is 1. The van der Waals surface area contributed by atoms with E-state index in [1.54, 1.807) is 0 Å². The Kier molecular flexibility index (Phi) is 3.52. The molecule has 4 nitrogen and oxygen atoms in total. The van der Waals surface area contributed by atoms with Crippen molar-refractivity contribution in [1.29, 1.82) is 0 Å².